The Morgan fingerprint density at radius 2 is 1.87 bits per heavy atom. The van der Waals surface area contributed by atoms with E-state index in [-0.39, 0.29) is 12.1 Å². The molecule has 30 heavy (non-hydrogen) atoms. The predicted molar refractivity (Wildman–Crippen MR) is 115 cm³/mol. The van der Waals surface area contributed by atoms with Crippen LogP contribution in [0.3, 0.4) is 0 Å². The van der Waals surface area contributed by atoms with Crippen molar-refractivity contribution in [3.63, 3.8) is 0 Å². The van der Waals surface area contributed by atoms with Crippen LogP contribution in [-0.4, -0.2) is 31.7 Å². The molecular formula is C22H21ClN6O. The van der Waals surface area contributed by atoms with Gasteiger partial charge in [0.1, 0.15) is 17.2 Å². The lowest BCUT2D eigenvalue weighted by Gasteiger charge is -2.31. The molecular weight excluding hydrogens is 400 g/mol. The van der Waals surface area contributed by atoms with Crippen LogP contribution in [-0.2, 0) is 0 Å². The average molecular weight is 421 g/mol. The highest BCUT2D eigenvalue weighted by Crippen LogP contribution is 2.41. The summed E-state index contributed by atoms with van der Waals surface area (Å²) in [6.45, 7) is 1.99. The highest BCUT2D eigenvalue weighted by atomic mass is 35.5. The number of fused-ring (bicyclic) bond motifs is 1. The average Bonchev–Trinajstić information content (AvgIpc) is 3.38. The number of nitrogens with zero attached hydrogens (tertiary/aromatic N) is 5. The molecule has 2 aromatic heterocycles. The van der Waals surface area contributed by atoms with E-state index in [0.29, 0.717) is 5.15 Å². The van der Waals surface area contributed by atoms with Crippen molar-refractivity contribution in [2.75, 3.05) is 12.4 Å². The highest BCUT2D eigenvalue weighted by Gasteiger charge is 2.34. The lowest BCUT2D eigenvalue weighted by atomic mass is 9.93. The summed E-state index contributed by atoms with van der Waals surface area (Å²) in [6, 6.07) is 18.0. The third-order valence-corrected chi connectivity index (χ3v) is 5.89. The zero-order chi connectivity index (χ0) is 20.7. The first-order valence-electron chi connectivity index (χ1n) is 9.76. The number of benzene rings is 2. The van der Waals surface area contributed by atoms with E-state index in [1.807, 2.05) is 54.1 Å². The molecule has 1 N–H and O–H groups in total. The Hall–Kier alpha value is -3.32. The van der Waals surface area contributed by atoms with Gasteiger partial charge in [-0.25, -0.2) is 9.36 Å². The molecule has 0 aliphatic carbocycles. The van der Waals surface area contributed by atoms with Crippen molar-refractivity contribution < 1.29 is 4.74 Å². The molecule has 0 unspecified atom stereocenters. The Kier molecular flexibility index (Phi) is 4.67. The smallest absolute Gasteiger partial charge is 0.222 e. The lowest BCUT2D eigenvalue weighted by molar-refractivity contribution is 0.413. The fraction of sp³-hybridized carbons (Fsp3) is 0.227. The van der Waals surface area contributed by atoms with Crippen molar-refractivity contribution in [3.8, 4) is 11.4 Å². The number of anilines is 1. The second-order valence-corrected chi connectivity index (χ2v) is 7.65. The summed E-state index contributed by atoms with van der Waals surface area (Å²) in [5, 5.41) is 13.3. The number of ether oxygens (including phenoxy) is 1. The van der Waals surface area contributed by atoms with Crippen molar-refractivity contribution in [2.45, 2.75) is 25.4 Å². The van der Waals surface area contributed by atoms with Gasteiger partial charge in [-0.15, -0.1) is 0 Å². The normalized spacial score (nSPS) is 18.0. The maximum Gasteiger partial charge on any atom is 0.222 e. The van der Waals surface area contributed by atoms with Gasteiger partial charge in [0.2, 0.25) is 5.95 Å². The molecule has 0 spiro atoms. The Labute approximate surface area is 179 Å². The molecule has 8 heteroatoms. The molecule has 1 aliphatic rings. The minimum Gasteiger partial charge on any atom is -0.497 e. The van der Waals surface area contributed by atoms with Crippen LogP contribution in [0.25, 0.3) is 5.69 Å². The molecule has 0 amide bonds. The van der Waals surface area contributed by atoms with E-state index in [2.05, 4.69) is 27.5 Å². The summed E-state index contributed by atoms with van der Waals surface area (Å²) >= 11 is 6.87. The summed E-state index contributed by atoms with van der Waals surface area (Å²) in [5.74, 6) is 1.55. The summed E-state index contributed by atoms with van der Waals surface area (Å²) in [5.41, 5.74) is 3.92. The van der Waals surface area contributed by atoms with Crippen LogP contribution in [0.1, 0.15) is 35.3 Å². The van der Waals surface area contributed by atoms with E-state index in [1.165, 1.54) is 0 Å². The van der Waals surface area contributed by atoms with Gasteiger partial charge in [-0.2, -0.15) is 15.2 Å². The number of hydrogen-bond donors (Lipinski definition) is 1. The number of para-hydroxylation sites is 1. The Morgan fingerprint density at radius 1 is 1.10 bits per heavy atom. The second-order valence-electron chi connectivity index (χ2n) is 7.29. The SMILES string of the molecule is COc1ccc([C@@H]2C[C@@H](c3c(C)nn(-c4ccccc4)c3Cl)n3ncnc3N2)cc1. The maximum atomic E-state index is 6.87. The third-order valence-electron chi connectivity index (χ3n) is 5.53. The van der Waals surface area contributed by atoms with Crippen molar-refractivity contribution in [3.05, 3.63) is 82.9 Å². The number of aromatic nitrogens is 5. The number of halogens is 1. The van der Waals surface area contributed by atoms with Crippen LogP contribution in [0.15, 0.2) is 60.9 Å². The first kappa shape index (κ1) is 18.7. The van der Waals surface area contributed by atoms with E-state index in [4.69, 9.17) is 21.4 Å². The van der Waals surface area contributed by atoms with E-state index < -0.39 is 0 Å². The van der Waals surface area contributed by atoms with Gasteiger partial charge in [0.15, 0.2) is 0 Å². The zero-order valence-electron chi connectivity index (χ0n) is 16.7. The molecule has 0 radical (unpaired) electrons. The molecule has 1 aliphatic heterocycles. The van der Waals surface area contributed by atoms with Crippen LogP contribution in [0, 0.1) is 6.92 Å². The van der Waals surface area contributed by atoms with Gasteiger partial charge >= 0.3 is 0 Å². The highest BCUT2D eigenvalue weighted by molar-refractivity contribution is 6.30. The standard InChI is InChI=1S/C22H21ClN6O/c1-14-20(21(23)28(27-14)16-6-4-3-5-7-16)19-12-18(26-22-24-13-25-29(19)22)15-8-10-17(30-2)11-9-15/h3-11,13,18-19H,12H2,1-2H3,(H,24,25,26)/t18-,19-/m0/s1. The molecule has 4 aromatic rings. The second kappa shape index (κ2) is 7.50. The zero-order valence-corrected chi connectivity index (χ0v) is 17.4. The van der Waals surface area contributed by atoms with Gasteiger partial charge in [-0.1, -0.05) is 41.9 Å². The molecule has 0 bridgehead atoms. The molecule has 7 nitrogen and oxygen atoms in total. The van der Waals surface area contributed by atoms with Crippen LogP contribution in [0.5, 0.6) is 5.75 Å². The summed E-state index contributed by atoms with van der Waals surface area (Å²) in [4.78, 5) is 4.41. The first-order valence-corrected chi connectivity index (χ1v) is 10.1. The van der Waals surface area contributed by atoms with Crippen LogP contribution in [0.4, 0.5) is 5.95 Å². The maximum absolute atomic E-state index is 6.87. The number of rotatable bonds is 4. The van der Waals surface area contributed by atoms with Gasteiger partial charge in [0, 0.05) is 5.56 Å². The number of methoxy groups -OCH3 is 1. The van der Waals surface area contributed by atoms with E-state index in [0.717, 1.165) is 40.6 Å². The fourth-order valence-electron chi connectivity index (χ4n) is 4.05. The van der Waals surface area contributed by atoms with Crippen molar-refractivity contribution in [1.29, 1.82) is 0 Å². The molecule has 5 rings (SSSR count). The van der Waals surface area contributed by atoms with Gasteiger partial charge in [-0.3, -0.25) is 0 Å². The Balaban J connectivity index is 1.56. The van der Waals surface area contributed by atoms with Crippen molar-refractivity contribution >= 4 is 17.5 Å². The quantitative estimate of drug-likeness (QED) is 0.523. The van der Waals surface area contributed by atoms with E-state index in [1.54, 1.807) is 18.1 Å². The van der Waals surface area contributed by atoms with E-state index in [9.17, 15) is 0 Å². The minimum absolute atomic E-state index is 0.0631. The predicted octanol–water partition coefficient (Wildman–Crippen LogP) is 4.58. The molecule has 2 aromatic carbocycles. The van der Waals surface area contributed by atoms with Crippen molar-refractivity contribution in [1.82, 2.24) is 24.5 Å². The summed E-state index contributed by atoms with van der Waals surface area (Å²) in [6.07, 6.45) is 2.33. The molecule has 3 heterocycles. The van der Waals surface area contributed by atoms with Crippen LogP contribution in [0.2, 0.25) is 5.15 Å². The first-order chi connectivity index (χ1) is 14.7. The van der Waals surface area contributed by atoms with Gasteiger partial charge in [-0.05, 0) is 43.2 Å². The topological polar surface area (TPSA) is 69.8 Å². The summed E-state index contributed by atoms with van der Waals surface area (Å²) in [7, 11) is 1.67. The van der Waals surface area contributed by atoms with Gasteiger partial charge in [0.05, 0.1) is 30.6 Å². The van der Waals surface area contributed by atoms with Gasteiger partial charge < -0.3 is 10.1 Å². The molecule has 0 saturated heterocycles. The monoisotopic (exact) mass is 420 g/mol. The van der Waals surface area contributed by atoms with Crippen LogP contribution < -0.4 is 10.1 Å². The summed E-state index contributed by atoms with van der Waals surface area (Å²) < 4.78 is 8.97. The third kappa shape index (κ3) is 3.11. The fourth-order valence-corrected chi connectivity index (χ4v) is 4.44. The van der Waals surface area contributed by atoms with Crippen molar-refractivity contribution in [2.24, 2.45) is 0 Å². The molecule has 152 valence electrons. The number of aryl methyl sites for hydroxylation is 1. The number of nitrogens with one attached hydrogen (secondary N) is 1. The molecule has 0 fully saturated rings. The largest absolute Gasteiger partial charge is 0.497 e. The molecule has 2 atom stereocenters. The number of hydrogen-bond acceptors (Lipinski definition) is 5. The van der Waals surface area contributed by atoms with Crippen LogP contribution >= 0.6 is 11.6 Å². The Bertz CT molecular complexity index is 1170. The minimum atomic E-state index is -0.0826. The van der Waals surface area contributed by atoms with E-state index >= 15 is 0 Å². The molecule has 0 saturated carbocycles. The van der Waals surface area contributed by atoms with Gasteiger partial charge in [0.25, 0.3) is 0 Å². The Morgan fingerprint density at radius 3 is 2.60 bits per heavy atom. The lowest BCUT2D eigenvalue weighted by Crippen LogP contribution is -2.28.